The first kappa shape index (κ1) is 17.8. The summed E-state index contributed by atoms with van der Waals surface area (Å²) >= 11 is 0. The fourth-order valence-corrected chi connectivity index (χ4v) is 3.26. The highest BCUT2D eigenvalue weighted by atomic mass is 19.4. The van der Waals surface area contributed by atoms with Gasteiger partial charge in [-0.3, -0.25) is 4.90 Å². The van der Waals surface area contributed by atoms with Crippen molar-refractivity contribution in [2.45, 2.75) is 25.6 Å². The van der Waals surface area contributed by atoms with Gasteiger partial charge in [0.1, 0.15) is 0 Å². The Bertz CT molecular complexity index is 662. The van der Waals surface area contributed by atoms with Crippen LogP contribution in [0.5, 0.6) is 0 Å². The number of nitrogens with zero attached hydrogens (tertiary/aromatic N) is 1. The smallest absolute Gasteiger partial charge is 0.385 e. The Hall–Kier alpha value is -2.01. The normalized spacial score (nSPS) is 16.8. The zero-order chi connectivity index (χ0) is 17.7. The van der Waals surface area contributed by atoms with Crippen LogP contribution in [-0.4, -0.2) is 24.5 Å². The molecule has 0 aromatic heterocycles. The van der Waals surface area contributed by atoms with E-state index in [1.54, 1.807) is 6.07 Å². The summed E-state index contributed by atoms with van der Waals surface area (Å²) in [6, 6.07) is 15.9. The summed E-state index contributed by atoms with van der Waals surface area (Å²) in [5, 5.41) is 3.17. The molecule has 0 spiro atoms. The standard InChI is InChI=1S/C20H23F3N2/c21-20(22,23)18-7-4-8-19(13-18)24-14-16-9-11-25(12-10-16)15-17-5-2-1-3-6-17/h1-8,13,16,24H,9-12,14-15H2. The minimum Gasteiger partial charge on any atom is -0.385 e. The molecule has 0 unspecified atom stereocenters. The van der Waals surface area contributed by atoms with Crippen molar-refractivity contribution in [3.63, 3.8) is 0 Å². The molecule has 5 heteroatoms. The number of nitrogens with one attached hydrogen (secondary N) is 1. The van der Waals surface area contributed by atoms with Crippen molar-refractivity contribution in [1.82, 2.24) is 4.90 Å². The number of piperidine rings is 1. The first-order chi connectivity index (χ1) is 12.0. The number of alkyl halides is 3. The van der Waals surface area contributed by atoms with Gasteiger partial charge in [0.15, 0.2) is 0 Å². The Balaban J connectivity index is 1.45. The predicted octanol–water partition coefficient (Wildman–Crippen LogP) is 5.03. The molecule has 3 rings (SSSR count). The van der Waals surface area contributed by atoms with Crippen molar-refractivity contribution in [3.8, 4) is 0 Å². The number of hydrogen-bond acceptors (Lipinski definition) is 2. The third-order valence-corrected chi connectivity index (χ3v) is 4.74. The van der Waals surface area contributed by atoms with Crippen LogP contribution in [0.1, 0.15) is 24.0 Å². The summed E-state index contributed by atoms with van der Waals surface area (Å²) in [5.41, 5.74) is 1.26. The molecule has 134 valence electrons. The summed E-state index contributed by atoms with van der Waals surface area (Å²) in [4.78, 5) is 2.44. The van der Waals surface area contributed by atoms with Gasteiger partial charge < -0.3 is 5.32 Å². The third-order valence-electron chi connectivity index (χ3n) is 4.74. The number of hydrogen-bond donors (Lipinski definition) is 1. The second-order valence-electron chi connectivity index (χ2n) is 6.66. The van der Waals surface area contributed by atoms with Gasteiger partial charge in [-0.1, -0.05) is 36.4 Å². The quantitative estimate of drug-likeness (QED) is 0.815. The number of anilines is 1. The molecule has 1 fully saturated rings. The van der Waals surface area contributed by atoms with Crippen LogP contribution in [0.2, 0.25) is 0 Å². The summed E-state index contributed by atoms with van der Waals surface area (Å²) < 4.78 is 38.3. The lowest BCUT2D eigenvalue weighted by Crippen LogP contribution is -2.35. The first-order valence-corrected chi connectivity index (χ1v) is 8.68. The first-order valence-electron chi connectivity index (χ1n) is 8.68. The summed E-state index contributed by atoms with van der Waals surface area (Å²) in [6.45, 7) is 3.75. The lowest BCUT2D eigenvalue weighted by atomic mass is 9.96. The molecule has 0 aliphatic carbocycles. The molecular formula is C20H23F3N2. The zero-order valence-electron chi connectivity index (χ0n) is 14.1. The fraction of sp³-hybridized carbons (Fsp3) is 0.400. The van der Waals surface area contributed by atoms with Crippen LogP contribution < -0.4 is 5.32 Å². The lowest BCUT2D eigenvalue weighted by molar-refractivity contribution is -0.137. The van der Waals surface area contributed by atoms with E-state index in [-0.39, 0.29) is 0 Å². The van der Waals surface area contributed by atoms with Crippen LogP contribution in [0, 0.1) is 5.92 Å². The minimum atomic E-state index is -4.29. The maximum atomic E-state index is 12.8. The van der Waals surface area contributed by atoms with E-state index >= 15 is 0 Å². The number of halogens is 3. The van der Waals surface area contributed by atoms with Gasteiger partial charge in [0.05, 0.1) is 5.56 Å². The highest BCUT2D eigenvalue weighted by Crippen LogP contribution is 2.31. The Morgan fingerprint density at radius 3 is 2.36 bits per heavy atom. The average molecular weight is 348 g/mol. The van der Waals surface area contributed by atoms with Gasteiger partial charge in [-0.2, -0.15) is 13.2 Å². The molecule has 1 heterocycles. The number of benzene rings is 2. The van der Waals surface area contributed by atoms with E-state index in [0.29, 0.717) is 11.6 Å². The van der Waals surface area contributed by atoms with Crippen molar-refractivity contribution >= 4 is 5.69 Å². The molecule has 1 aliphatic heterocycles. The second-order valence-corrected chi connectivity index (χ2v) is 6.66. The molecule has 1 N–H and O–H groups in total. The lowest BCUT2D eigenvalue weighted by Gasteiger charge is -2.32. The van der Waals surface area contributed by atoms with Gasteiger partial charge in [0.2, 0.25) is 0 Å². The van der Waals surface area contributed by atoms with Crippen LogP contribution in [-0.2, 0) is 12.7 Å². The molecule has 0 radical (unpaired) electrons. The molecular weight excluding hydrogens is 325 g/mol. The second kappa shape index (κ2) is 7.91. The molecule has 0 atom stereocenters. The van der Waals surface area contributed by atoms with Gasteiger partial charge in [-0.25, -0.2) is 0 Å². The van der Waals surface area contributed by atoms with Crippen molar-refractivity contribution in [1.29, 1.82) is 0 Å². The van der Waals surface area contributed by atoms with Crippen molar-refractivity contribution in [2.75, 3.05) is 25.0 Å². The molecule has 25 heavy (non-hydrogen) atoms. The monoisotopic (exact) mass is 348 g/mol. The van der Waals surface area contributed by atoms with Crippen LogP contribution in [0.25, 0.3) is 0 Å². The summed E-state index contributed by atoms with van der Waals surface area (Å²) in [6.07, 6.45) is -2.15. The van der Waals surface area contributed by atoms with Crippen LogP contribution >= 0.6 is 0 Å². The van der Waals surface area contributed by atoms with E-state index in [2.05, 4.69) is 34.5 Å². The van der Waals surface area contributed by atoms with Crippen molar-refractivity contribution in [3.05, 3.63) is 65.7 Å². The van der Waals surface area contributed by atoms with Gasteiger partial charge in [0.25, 0.3) is 0 Å². The summed E-state index contributed by atoms with van der Waals surface area (Å²) in [5.74, 6) is 0.501. The van der Waals surface area contributed by atoms with Crippen LogP contribution in [0.4, 0.5) is 18.9 Å². The van der Waals surface area contributed by atoms with Crippen molar-refractivity contribution < 1.29 is 13.2 Å². The number of likely N-dealkylation sites (tertiary alicyclic amines) is 1. The van der Waals surface area contributed by atoms with Gasteiger partial charge in [-0.15, -0.1) is 0 Å². The zero-order valence-corrected chi connectivity index (χ0v) is 14.1. The van der Waals surface area contributed by atoms with Gasteiger partial charge in [-0.05, 0) is 55.6 Å². The SMILES string of the molecule is FC(F)(F)c1cccc(NCC2CCN(Cc3ccccc3)CC2)c1. The molecule has 0 bridgehead atoms. The van der Waals surface area contributed by atoms with E-state index in [9.17, 15) is 13.2 Å². The van der Waals surface area contributed by atoms with Gasteiger partial charge >= 0.3 is 6.18 Å². The Labute approximate surface area is 146 Å². The highest BCUT2D eigenvalue weighted by molar-refractivity contribution is 5.46. The topological polar surface area (TPSA) is 15.3 Å². The number of rotatable bonds is 5. The van der Waals surface area contributed by atoms with E-state index < -0.39 is 11.7 Å². The van der Waals surface area contributed by atoms with Crippen molar-refractivity contribution in [2.24, 2.45) is 5.92 Å². The highest BCUT2D eigenvalue weighted by Gasteiger charge is 2.30. The van der Waals surface area contributed by atoms with Crippen LogP contribution in [0.15, 0.2) is 54.6 Å². The third kappa shape index (κ3) is 5.23. The summed E-state index contributed by atoms with van der Waals surface area (Å²) in [7, 11) is 0. The van der Waals surface area contributed by atoms with Crippen LogP contribution in [0.3, 0.4) is 0 Å². The Kier molecular flexibility index (Phi) is 5.63. The maximum absolute atomic E-state index is 12.8. The maximum Gasteiger partial charge on any atom is 0.416 e. The molecule has 1 aliphatic rings. The molecule has 0 amide bonds. The molecule has 0 saturated carbocycles. The molecule has 2 aromatic carbocycles. The Morgan fingerprint density at radius 1 is 0.960 bits per heavy atom. The molecule has 1 saturated heterocycles. The fourth-order valence-electron chi connectivity index (χ4n) is 3.26. The molecule has 2 aromatic rings. The van der Waals surface area contributed by atoms with Gasteiger partial charge in [0, 0.05) is 18.8 Å². The average Bonchev–Trinajstić information content (AvgIpc) is 2.62. The van der Waals surface area contributed by atoms with E-state index in [1.165, 1.54) is 17.7 Å². The minimum absolute atomic E-state index is 0.501. The van der Waals surface area contributed by atoms with E-state index in [1.807, 2.05) is 6.07 Å². The predicted molar refractivity (Wildman–Crippen MR) is 94.4 cm³/mol. The largest absolute Gasteiger partial charge is 0.416 e. The molecule has 2 nitrogen and oxygen atoms in total. The van der Waals surface area contributed by atoms with E-state index in [0.717, 1.165) is 45.1 Å². The Morgan fingerprint density at radius 2 is 1.68 bits per heavy atom. The van der Waals surface area contributed by atoms with E-state index in [4.69, 9.17) is 0 Å².